The maximum atomic E-state index is 5.28. The van der Waals surface area contributed by atoms with Gasteiger partial charge in [0.15, 0.2) is 5.96 Å². The number of aliphatic imine (C=N–C) groups is 1. The van der Waals surface area contributed by atoms with Crippen molar-refractivity contribution in [3.05, 3.63) is 29.8 Å². The first-order valence-corrected chi connectivity index (χ1v) is 9.58. The zero-order valence-electron chi connectivity index (χ0n) is 16.5. The smallest absolute Gasteiger partial charge is 0.191 e. The summed E-state index contributed by atoms with van der Waals surface area (Å²) in [5.41, 5.74) is 1.15. The molecule has 26 heavy (non-hydrogen) atoms. The van der Waals surface area contributed by atoms with Gasteiger partial charge in [0.05, 0.1) is 13.7 Å². The molecular weight excluding hydrogens is 439 g/mol. The van der Waals surface area contributed by atoms with Gasteiger partial charge in [0, 0.05) is 19.6 Å². The Morgan fingerprint density at radius 3 is 2.69 bits per heavy atom. The first-order valence-electron chi connectivity index (χ1n) is 9.58. The van der Waals surface area contributed by atoms with E-state index in [0.29, 0.717) is 12.5 Å². The molecule has 0 amide bonds. The maximum Gasteiger partial charge on any atom is 0.191 e. The van der Waals surface area contributed by atoms with E-state index in [2.05, 4.69) is 35.4 Å². The molecule has 1 unspecified atom stereocenters. The number of benzene rings is 1. The number of piperidine rings is 1. The molecule has 0 spiro atoms. The number of rotatable bonds is 8. The molecule has 0 aromatic heterocycles. The second-order valence-corrected chi connectivity index (χ2v) is 6.89. The lowest BCUT2D eigenvalue weighted by Crippen LogP contribution is -2.42. The minimum Gasteiger partial charge on any atom is -0.497 e. The van der Waals surface area contributed by atoms with E-state index in [4.69, 9.17) is 9.73 Å². The van der Waals surface area contributed by atoms with Crippen LogP contribution in [0.15, 0.2) is 29.3 Å². The van der Waals surface area contributed by atoms with Crippen molar-refractivity contribution in [2.45, 2.75) is 39.7 Å². The number of nitrogens with one attached hydrogen (secondary N) is 2. The van der Waals surface area contributed by atoms with Crippen LogP contribution in [-0.2, 0) is 6.54 Å². The summed E-state index contributed by atoms with van der Waals surface area (Å²) in [6, 6.07) is 8.07. The highest BCUT2D eigenvalue weighted by Crippen LogP contribution is 2.13. The summed E-state index contributed by atoms with van der Waals surface area (Å²) in [5, 5.41) is 6.82. The monoisotopic (exact) mass is 474 g/mol. The molecule has 1 aliphatic rings. The number of methoxy groups -OCH3 is 1. The average Bonchev–Trinajstić information content (AvgIpc) is 2.65. The predicted molar refractivity (Wildman–Crippen MR) is 121 cm³/mol. The predicted octanol–water partition coefficient (Wildman–Crippen LogP) is 3.49. The van der Waals surface area contributed by atoms with Crippen LogP contribution in [0.1, 0.15) is 38.7 Å². The highest BCUT2D eigenvalue weighted by molar-refractivity contribution is 14.0. The van der Waals surface area contributed by atoms with Crippen LogP contribution in [0.5, 0.6) is 5.75 Å². The molecule has 148 valence electrons. The van der Waals surface area contributed by atoms with Crippen molar-refractivity contribution in [1.29, 1.82) is 0 Å². The number of hydrogen-bond acceptors (Lipinski definition) is 3. The Morgan fingerprint density at radius 1 is 1.23 bits per heavy atom. The third kappa shape index (κ3) is 8.58. The van der Waals surface area contributed by atoms with Crippen LogP contribution in [0.25, 0.3) is 0 Å². The largest absolute Gasteiger partial charge is 0.497 e. The van der Waals surface area contributed by atoms with Crippen molar-refractivity contribution in [1.82, 2.24) is 15.5 Å². The molecule has 1 atom stereocenters. The molecule has 1 heterocycles. The van der Waals surface area contributed by atoms with Crippen LogP contribution in [-0.4, -0.2) is 50.7 Å². The topological polar surface area (TPSA) is 48.9 Å². The minimum atomic E-state index is 0. The fourth-order valence-corrected chi connectivity index (χ4v) is 3.20. The van der Waals surface area contributed by atoms with Gasteiger partial charge in [-0.2, -0.15) is 0 Å². The number of hydrogen-bond donors (Lipinski definition) is 2. The standard InChI is InChI=1S/C20H34N4O.HI/c1-4-21-20(23-15-18-9-8-10-19(13-18)25-3)22-14-17(2)16-24-11-6-5-7-12-24;/h8-10,13,17H,4-7,11-12,14-16H2,1-3H3,(H2,21,22,23);1H. The summed E-state index contributed by atoms with van der Waals surface area (Å²) in [5.74, 6) is 2.37. The molecule has 1 aromatic rings. The molecule has 0 aliphatic carbocycles. The van der Waals surface area contributed by atoms with Gasteiger partial charge in [-0.25, -0.2) is 4.99 Å². The zero-order valence-corrected chi connectivity index (χ0v) is 18.8. The number of guanidine groups is 1. The third-order valence-electron chi connectivity index (χ3n) is 4.53. The maximum absolute atomic E-state index is 5.28. The van der Waals surface area contributed by atoms with Gasteiger partial charge in [-0.1, -0.05) is 25.5 Å². The molecule has 0 radical (unpaired) electrons. The van der Waals surface area contributed by atoms with Crippen LogP contribution in [0, 0.1) is 5.92 Å². The van der Waals surface area contributed by atoms with Gasteiger partial charge in [-0.05, 0) is 56.5 Å². The molecule has 6 heteroatoms. The summed E-state index contributed by atoms with van der Waals surface area (Å²) in [6.45, 7) is 10.6. The molecule has 5 nitrogen and oxygen atoms in total. The van der Waals surface area contributed by atoms with Gasteiger partial charge in [-0.3, -0.25) is 0 Å². The number of likely N-dealkylation sites (tertiary alicyclic amines) is 1. The Labute approximate surface area is 176 Å². The van der Waals surface area contributed by atoms with E-state index in [1.165, 1.54) is 38.9 Å². The fourth-order valence-electron chi connectivity index (χ4n) is 3.20. The highest BCUT2D eigenvalue weighted by atomic mass is 127. The number of halogens is 1. The highest BCUT2D eigenvalue weighted by Gasteiger charge is 2.13. The summed E-state index contributed by atoms with van der Waals surface area (Å²) in [7, 11) is 1.69. The van der Waals surface area contributed by atoms with Crippen molar-refractivity contribution in [2.24, 2.45) is 10.9 Å². The van der Waals surface area contributed by atoms with E-state index >= 15 is 0 Å². The van der Waals surface area contributed by atoms with Gasteiger partial charge in [0.2, 0.25) is 0 Å². The molecular formula is C20H35IN4O. The SMILES string of the molecule is CCNC(=NCc1cccc(OC)c1)NCC(C)CN1CCCCC1.I. The lowest BCUT2D eigenvalue weighted by atomic mass is 10.1. The van der Waals surface area contributed by atoms with Crippen LogP contribution in [0.2, 0.25) is 0 Å². The van der Waals surface area contributed by atoms with Gasteiger partial charge in [0.25, 0.3) is 0 Å². The van der Waals surface area contributed by atoms with Gasteiger partial charge < -0.3 is 20.3 Å². The first kappa shape index (κ1) is 23.0. The molecule has 1 aromatic carbocycles. The van der Waals surface area contributed by atoms with Crippen LogP contribution in [0.4, 0.5) is 0 Å². The molecule has 1 aliphatic heterocycles. The molecule has 2 rings (SSSR count). The minimum absolute atomic E-state index is 0. The normalized spacial score (nSPS) is 16.5. The van der Waals surface area contributed by atoms with Gasteiger partial charge in [0.1, 0.15) is 5.75 Å². The summed E-state index contributed by atoms with van der Waals surface area (Å²) in [4.78, 5) is 7.30. The lowest BCUT2D eigenvalue weighted by molar-refractivity contribution is 0.201. The Bertz CT molecular complexity index is 532. The Morgan fingerprint density at radius 2 is 2.00 bits per heavy atom. The summed E-state index contributed by atoms with van der Waals surface area (Å²) in [6.07, 6.45) is 4.10. The number of ether oxygens (including phenoxy) is 1. The van der Waals surface area contributed by atoms with E-state index in [1.54, 1.807) is 7.11 Å². The van der Waals surface area contributed by atoms with Crippen LogP contribution >= 0.6 is 24.0 Å². The molecule has 0 bridgehead atoms. The van der Waals surface area contributed by atoms with Gasteiger partial charge >= 0.3 is 0 Å². The average molecular weight is 474 g/mol. The molecule has 1 fully saturated rings. The van der Waals surface area contributed by atoms with Crippen molar-refractivity contribution in [3.63, 3.8) is 0 Å². The number of nitrogens with zero attached hydrogens (tertiary/aromatic N) is 2. The molecule has 0 saturated carbocycles. The van der Waals surface area contributed by atoms with Crippen molar-refractivity contribution >= 4 is 29.9 Å². The van der Waals surface area contributed by atoms with Gasteiger partial charge in [-0.15, -0.1) is 24.0 Å². The summed E-state index contributed by atoms with van der Waals surface area (Å²) < 4.78 is 5.28. The fraction of sp³-hybridized carbons (Fsp3) is 0.650. The quantitative estimate of drug-likeness (QED) is 0.344. The van der Waals surface area contributed by atoms with E-state index in [9.17, 15) is 0 Å². The zero-order chi connectivity index (χ0) is 17.9. The van der Waals surface area contributed by atoms with Crippen molar-refractivity contribution < 1.29 is 4.74 Å². The van der Waals surface area contributed by atoms with E-state index in [0.717, 1.165) is 30.4 Å². The van der Waals surface area contributed by atoms with Crippen molar-refractivity contribution in [2.75, 3.05) is 39.8 Å². The Hall–Kier alpha value is -1.02. The second-order valence-electron chi connectivity index (χ2n) is 6.89. The van der Waals surface area contributed by atoms with E-state index in [1.807, 2.05) is 18.2 Å². The van der Waals surface area contributed by atoms with E-state index in [-0.39, 0.29) is 24.0 Å². The second kappa shape index (κ2) is 13.2. The Balaban J connectivity index is 0.00000338. The van der Waals surface area contributed by atoms with Crippen LogP contribution < -0.4 is 15.4 Å². The Kier molecular flexibility index (Phi) is 11.7. The molecule has 1 saturated heterocycles. The van der Waals surface area contributed by atoms with E-state index < -0.39 is 0 Å². The molecule has 2 N–H and O–H groups in total. The first-order chi connectivity index (χ1) is 12.2. The summed E-state index contributed by atoms with van der Waals surface area (Å²) >= 11 is 0. The van der Waals surface area contributed by atoms with Crippen molar-refractivity contribution in [3.8, 4) is 5.75 Å². The van der Waals surface area contributed by atoms with Crippen LogP contribution in [0.3, 0.4) is 0 Å². The lowest BCUT2D eigenvalue weighted by Gasteiger charge is -2.29. The third-order valence-corrected chi connectivity index (χ3v) is 4.53.